The van der Waals surface area contributed by atoms with E-state index in [2.05, 4.69) is 24.5 Å². The second-order valence-corrected chi connectivity index (χ2v) is 7.03. The molecule has 2 N–H and O–H groups in total. The SMILES string of the molecule is CCNC(=O)COc1ccc(CNC(=O)N2CCC[C@@H]2C(C)C)cc1OC. The second kappa shape index (κ2) is 10.0. The fraction of sp³-hybridized carbons (Fsp3) is 0.600. The molecule has 1 aliphatic heterocycles. The molecule has 7 nitrogen and oxygen atoms in total. The number of urea groups is 1. The zero-order valence-electron chi connectivity index (χ0n) is 16.7. The van der Waals surface area contributed by atoms with Crippen LogP contribution in [0, 0.1) is 5.92 Å². The molecule has 1 heterocycles. The number of carbonyl (C=O) groups excluding carboxylic acids is 2. The fourth-order valence-corrected chi connectivity index (χ4v) is 3.35. The van der Waals surface area contributed by atoms with Gasteiger partial charge in [-0.2, -0.15) is 0 Å². The van der Waals surface area contributed by atoms with Crippen molar-refractivity contribution in [1.29, 1.82) is 0 Å². The normalized spacial score (nSPS) is 16.3. The number of hydrogen-bond acceptors (Lipinski definition) is 4. The average Bonchev–Trinajstić information content (AvgIpc) is 3.15. The van der Waals surface area contributed by atoms with Crippen molar-refractivity contribution in [2.45, 2.75) is 46.2 Å². The highest BCUT2D eigenvalue weighted by Crippen LogP contribution is 2.28. The first kappa shape index (κ1) is 20.9. The Morgan fingerprint density at radius 2 is 2.04 bits per heavy atom. The van der Waals surface area contributed by atoms with Crippen LogP contribution in [0.4, 0.5) is 4.79 Å². The van der Waals surface area contributed by atoms with Crippen LogP contribution in [0.2, 0.25) is 0 Å². The van der Waals surface area contributed by atoms with E-state index in [1.54, 1.807) is 13.2 Å². The van der Waals surface area contributed by atoms with Crippen LogP contribution in [-0.2, 0) is 11.3 Å². The van der Waals surface area contributed by atoms with E-state index in [1.165, 1.54) is 0 Å². The van der Waals surface area contributed by atoms with Gasteiger partial charge in [0.2, 0.25) is 0 Å². The van der Waals surface area contributed by atoms with Gasteiger partial charge in [0, 0.05) is 25.7 Å². The van der Waals surface area contributed by atoms with Gasteiger partial charge in [-0.1, -0.05) is 19.9 Å². The van der Waals surface area contributed by atoms with Crippen molar-refractivity contribution in [1.82, 2.24) is 15.5 Å². The minimum absolute atomic E-state index is 0.0262. The average molecular weight is 377 g/mol. The van der Waals surface area contributed by atoms with E-state index in [-0.39, 0.29) is 18.5 Å². The Balaban J connectivity index is 1.93. The molecule has 0 radical (unpaired) electrons. The summed E-state index contributed by atoms with van der Waals surface area (Å²) in [6.45, 7) is 7.88. The summed E-state index contributed by atoms with van der Waals surface area (Å²) >= 11 is 0. The molecular formula is C20H31N3O4. The van der Waals surface area contributed by atoms with E-state index in [1.807, 2.05) is 24.0 Å². The first-order valence-electron chi connectivity index (χ1n) is 9.57. The summed E-state index contributed by atoms with van der Waals surface area (Å²) in [5.41, 5.74) is 0.908. The van der Waals surface area contributed by atoms with E-state index < -0.39 is 0 Å². The van der Waals surface area contributed by atoms with Crippen molar-refractivity contribution in [3.8, 4) is 11.5 Å². The van der Waals surface area contributed by atoms with Gasteiger partial charge >= 0.3 is 6.03 Å². The largest absolute Gasteiger partial charge is 0.493 e. The zero-order chi connectivity index (χ0) is 19.8. The number of hydrogen-bond donors (Lipinski definition) is 2. The first-order chi connectivity index (χ1) is 13.0. The molecular weight excluding hydrogens is 346 g/mol. The third-order valence-corrected chi connectivity index (χ3v) is 4.73. The van der Waals surface area contributed by atoms with Crippen molar-refractivity contribution in [2.24, 2.45) is 5.92 Å². The Labute approximate surface area is 161 Å². The maximum absolute atomic E-state index is 12.5. The van der Waals surface area contributed by atoms with E-state index in [0.29, 0.717) is 36.5 Å². The lowest BCUT2D eigenvalue weighted by Crippen LogP contribution is -2.44. The number of nitrogens with one attached hydrogen (secondary N) is 2. The second-order valence-electron chi connectivity index (χ2n) is 7.03. The molecule has 1 fully saturated rings. The first-order valence-corrected chi connectivity index (χ1v) is 9.57. The standard InChI is InChI=1S/C20H31N3O4/c1-5-21-19(24)13-27-17-9-8-15(11-18(17)26-4)12-22-20(25)23-10-6-7-16(23)14(2)3/h8-9,11,14,16H,5-7,10,12-13H2,1-4H3,(H,21,24)(H,22,25)/t16-/m1/s1. The molecule has 0 saturated carbocycles. The van der Waals surface area contributed by atoms with Crippen molar-refractivity contribution >= 4 is 11.9 Å². The Hall–Kier alpha value is -2.44. The summed E-state index contributed by atoms with van der Waals surface area (Å²) in [5.74, 6) is 1.31. The molecule has 0 unspecified atom stereocenters. The maximum Gasteiger partial charge on any atom is 0.317 e. The van der Waals surface area contributed by atoms with Crippen molar-refractivity contribution < 1.29 is 19.1 Å². The predicted molar refractivity (Wildman–Crippen MR) is 104 cm³/mol. The third kappa shape index (κ3) is 5.77. The number of rotatable bonds is 8. The van der Waals surface area contributed by atoms with Gasteiger partial charge in [0.05, 0.1) is 7.11 Å². The Morgan fingerprint density at radius 1 is 1.26 bits per heavy atom. The summed E-state index contributed by atoms with van der Waals surface area (Å²) in [5, 5.41) is 5.67. The minimum atomic E-state index is -0.179. The molecule has 0 aliphatic carbocycles. The van der Waals surface area contributed by atoms with Gasteiger partial charge in [0.25, 0.3) is 5.91 Å². The summed E-state index contributed by atoms with van der Waals surface area (Å²) in [7, 11) is 1.55. The van der Waals surface area contributed by atoms with E-state index >= 15 is 0 Å². The summed E-state index contributed by atoms with van der Waals surface area (Å²) in [4.78, 5) is 26.0. The lowest BCUT2D eigenvalue weighted by atomic mass is 10.0. The Bertz CT molecular complexity index is 648. The molecule has 7 heteroatoms. The van der Waals surface area contributed by atoms with E-state index in [4.69, 9.17) is 9.47 Å². The molecule has 2 rings (SSSR count). The molecule has 0 bridgehead atoms. The molecule has 27 heavy (non-hydrogen) atoms. The van der Waals surface area contributed by atoms with Crippen molar-refractivity contribution in [3.63, 3.8) is 0 Å². The summed E-state index contributed by atoms with van der Waals surface area (Å²) in [6, 6.07) is 5.72. The smallest absolute Gasteiger partial charge is 0.317 e. The zero-order valence-corrected chi connectivity index (χ0v) is 16.7. The minimum Gasteiger partial charge on any atom is -0.493 e. The molecule has 0 aromatic heterocycles. The molecule has 3 amide bonds. The Kier molecular flexibility index (Phi) is 7.76. The molecule has 1 aromatic rings. The molecule has 1 aromatic carbocycles. The number of ether oxygens (including phenoxy) is 2. The molecule has 150 valence electrons. The number of benzene rings is 1. The number of carbonyl (C=O) groups is 2. The highest BCUT2D eigenvalue weighted by molar-refractivity contribution is 5.77. The van der Waals surface area contributed by atoms with Crippen LogP contribution in [-0.4, -0.2) is 49.7 Å². The van der Waals surface area contributed by atoms with Crippen LogP contribution >= 0.6 is 0 Å². The number of likely N-dealkylation sites (N-methyl/N-ethyl adjacent to an activating group) is 1. The predicted octanol–water partition coefficient (Wildman–Crippen LogP) is 2.54. The van der Waals surface area contributed by atoms with Crippen LogP contribution in [0.5, 0.6) is 11.5 Å². The highest BCUT2D eigenvalue weighted by Gasteiger charge is 2.30. The number of likely N-dealkylation sites (tertiary alicyclic amines) is 1. The van der Waals surface area contributed by atoms with E-state index in [9.17, 15) is 9.59 Å². The van der Waals surface area contributed by atoms with Gasteiger partial charge in [-0.05, 0) is 43.4 Å². The van der Waals surface area contributed by atoms with E-state index in [0.717, 1.165) is 24.9 Å². The third-order valence-electron chi connectivity index (χ3n) is 4.73. The summed E-state index contributed by atoms with van der Waals surface area (Å²) < 4.78 is 10.9. The van der Waals surface area contributed by atoms with Crippen LogP contribution in [0.1, 0.15) is 39.2 Å². The Morgan fingerprint density at radius 3 is 2.70 bits per heavy atom. The van der Waals surface area contributed by atoms with Crippen molar-refractivity contribution in [2.75, 3.05) is 26.8 Å². The van der Waals surface area contributed by atoms with Gasteiger partial charge in [0.15, 0.2) is 18.1 Å². The summed E-state index contributed by atoms with van der Waals surface area (Å²) in [6.07, 6.45) is 2.12. The number of amides is 3. The lowest BCUT2D eigenvalue weighted by molar-refractivity contribution is -0.123. The number of methoxy groups -OCH3 is 1. The van der Waals surface area contributed by atoms with Gasteiger partial charge in [-0.15, -0.1) is 0 Å². The molecule has 1 atom stereocenters. The van der Waals surface area contributed by atoms with Crippen LogP contribution in [0.25, 0.3) is 0 Å². The quantitative estimate of drug-likeness (QED) is 0.730. The van der Waals surface area contributed by atoms with Crippen LogP contribution in [0.15, 0.2) is 18.2 Å². The van der Waals surface area contributed by atoms with Crippen LogP contribution < -0.4 is 20.1 Å². The topological polar surface area (TPSA) is 79.9 Å². The van der Waals surface area contributed by atoms with Gasteiger partial charge in [-0.3, -0.25) is 4.79 Å². The van der Waals surface area contributed by atoms with Gasteiger partial charge in [-0.25, -0.2) is 4.79 Å². The van der Waals surface area contributed by atoms with Crippen molar-refractivity contribution in [3.05, 3.63) is 23.8 Å². The highest BCUT2D eigenvalue weighted by atomic mass is 16.5. The maximum atomic E-state index is 12.5. The van der Waals surface area contributed by atoms with Crippen LogP contribution in [0.3, 0.4) is 0 Å². The fourth-order valence-electron chi connectivity index (χ4n) is 3.35. The van der Waals surface area contributed by atoms with Gasteiger partial charge in [0.1, 0.15) is 0 Å². The molecule has 1 saturated heterocycles. The number of nitrogens with zero attached hydrogens (tertiary/aromatic N) is 1. The molecule has 1 aliphatic rings. The molecule has 0 spiro atoms. The lowest BCUT2D eigenvalue weighted by Gasteiger charge is -2.27. The van der Waals surface area contributed by atoms with Gasteiger partial charge < -0.3 is 25.0 Å². The monoisotopic (exact) mass is 377 g/mol.